The Kier molecular flexibility index (Phi) is 4.56. The van der Waals surface area contributed by atoms with Crippen molar-refractivity contribution in [3.63, 3.8) is 0 Å². The normalized spacial score (nSPS) is 18.4. The highest BCUT2D eigenvalue weighted by atomic mass is 16.3. The number of fused-ring (bicyclic) bond motifs is 6. The summed E-state index contributed by atoms with van der Waals surface area (Å²) in [7, 11) is 0. The maximum Gasteiger partial charge on any atom is 0.143 e. The molecule has 176 valence electrons. The summed E-state index contributed by atoms with van der Waals surface area (Å²) in [5.41, 5.74) is 10.6. The summed E-state index contributed by atoms with van der Waals surface area (Å²) in [5, 5.41) is 5.97. The average molecular weight is 468 g/mol. The number of hydrogen-bond donors (Lipinski definition) is 1. The molecule has 2 atom stereocenters. The number of furan rings is 1. The molecule has 4 aromatic carbocycles. The zero-order valence-corrected chi connectivity index (χ0v) is 20.9. The monoisotopic (exact) mass is 467 g/mol. The third-order valence-electron chi connectivity index (χ3n) is 7.77. The van der Waals surface area contributed by atoms with Gasteiger partial charge in [0.05, 0.1) is 6.04 Å². The third kappa shape index (κ3) is 3.25. The summed E-state index contributed by atoms with van der Waals surface area (Å²) in [4.78, 5) is 0. The predicted molar refractivity (Wildman–Crippen MR) is 152 cm³/mol. The Morgan fingerprint density at radius 2 is 1.33 bits per heavy atom. The van der Waals surface area contributed by atoms with E-state index < -0.39 is 0 Å². The molecule has 2 heteroatoms. The highest BCUT2D eigenvalue weighted by molar-refractivity contribution is 6.13. The Hall–Kier alpha value is -4.04. The van der Waals surface area contributed by atoms with Crippen LogP contribution < -0.4 is 5.32 Å². The van der Waals surface area contributed by atoms with Gasteiger partial charge in [0.1, 0.15) is 11.2 Å². The number of benzene rings is 4. The van der Waals surface area contributed by atoms with Gasteiger partial charge in [0.2, 0.25) is 0 Å². The van der Waals surface area contributed by atoms with Crippen molar-refractivity contribution in [2.24, 2.45) is 0 Å². The van der Waals surface area contributed by atoms with E-state index in [4.69, 9.17) is 4.42 Å². The Morgan fingerprint density at radius 1 is 0.694 bits per heavy atom. The van der Waals surface area contributed by atoms with E-state index in [0.717, 1.165) is 33.1 Å². The fourth-order valence-electron chi connectivity index (χ4n) is 5.78. The zero-order chi connectivity index (χ0) is 24.4. The van der Waals surface area contributed by atoms with E-state index >= 15 is 0 Å². The summed E-state index contributed by atoms with van der Waals surface area (Å²) in [6.45, 7) is 6.75. The fraction of sp³-hybridized carbons (Fsp3) is 0.176. The summed E-state index contributed by atoms with van der Waals surface area (Å²) >= 11 is 0. The van der Waals surface area contributed by atoms with Crippen LogP contribution in [0, 0.1) is 0 Å². The quantitative estimate of drug-likeness (QED) is 0.280. The van der Waals surface area contributed by atoms with Gasteiger partial charge < -0.3 is 9.73 Å². The largest absolute Gasteiger partial charge is 0.455 e. The van der Waals surface area contributed by atoms with Crippen molar-refractivity contribution in [2.75, 3.05) is 5.32 Å². The molecular formula is C34H29NO. The average Bonchev–Trinajstić information content (AvgIpc) is 3.46. The van der Waals surface area contributed by atoms with E-state index in [-0.39, 0.29) is 5.41 Å². The molecule has 0 radical (unpaired) electrons. The second kappa shape index (κ2) is 7.73. The van der Waals surface area contributed by atoms with Crippen molar-refractivity contribution in [3.05, 3.63) is 114 Å². The SMILES string of the molecule is CC(C)(C)c1ccc(-c2cccc3c2oc2c(-c4ccc5c(c4)C4C=CC=CC4N5)cccc23)cc1. The van der Waals surface area contributed by atoms with E-state index in [1.165, 1.54) is 27.9 Å². The van der Waals surface area contributed by atoms with Gasteiger partial charge in [0.15, 0.2) is 0 Å². The lowest BCUT2D eigenvalue weighted by atomic mass is 9.86. The number of anilines is 1. The van der Waals surface area contributed by atoms with E-state index in [0.29, 0.717) is 12.0 Å². The molecule has 1 aliphatic heterocycles. The van der Waals surface area contributed by atoms with Crippen LogP contribution in [-0.2, 0) is 5.41 Å². The second-order valence-corrected chi connectivity index (χ2v) is 11.1. The molecule has 2 aliphatic rings. The minimum absolute atomic E-state index is 0.133. The van der Waals surface area contributed by atoms with Crippen molar-refractivity contribution in [1.82, 2.24) is 0 Å². The molecule has 2 nitrogen and oxygen atoms in total. The summed E-state index contributed by atoms with van der Waals surface area (Å²) < 4.78 is 6.71. The highest BCUT2D eigenvalue weighted by Crippen LogP contribution is 2.44. The fourth-order valence-corrected chi connectivity index (χ4v) is 5.78. The summed E-state index contributed by atoms with van der Waals surface area (Å²) in [5.74, 6) is 0.377. The number of nitrogens with one attached hydrogen (secondary N) is 1. The van der Waals surface area contributed by atoms with Gasteiger partial charge in [0, 0.05) is 33.5 Å². The van der Waals surface area contributed by atoms with Gasteiger partial charge in [-0.3, -0.25) is 0 Å². The summed E-state index contributed by atoms with van der Waals surface area (Å²) in [6.07, 6.45) is 8.83. The molecule has 2 unspecified atom stereocenters. The summed E-state index contributed by atoms with van der Waals surface area (Å²) in [6, 6.07) is 29.0. The van der Waals surface area contributed by atoms with Crippen LogP contribution in [0.5, 0.6) is 0 Å². The number of allylic oxidation sites excluding steroid dienone is 2. The smallest absolute Gasteiger partial charge is 0.143 e. The minimum atomic E-state index is 0.133. The molecule has 0 amide bonds. The Morgan fingerprint density at radius 3 is 2.03 bits per heavy atom. The van der Waals surface area contributed by atoms with E-state index in [1.54, 1.807) is 0 Å². The Balaban J connectivity index is 1.37. The molecule has 0 spiro atoms. The van der Waals surface area contributed by atoms with Gasteiger partial charge in [-0.2, -0.15) is 0 Å². The molecule has 2 heterocycles. The molecule has 7 rings (SSSR count). The lowest BCUT2D eigenvalue weighted by Gasteiger charge is -2.19. The first-order valence-electron chi connectivity index (χ1n) is 12.8. The Bertz CT molecular complexity index is 1690. The van der Waals surface area contributed by atoms with E-state index in [2.05, 4.69) is 129 Å². The standard InChI is InChI=1S/C34H29NO/c1-34(2,3)23-17-14-21(15-18-23)24-9-6-11-27-28-12-7-10-25(33(28)36-32(24)27)22-16-19-31-29(20-22)26-8-4-5-13-30(26)35-31/h4-20,26,30,35H,1-3H3. The molecule has 1 N–H and O–H groups in total. The van der Waals surface area contributed by atoms with Gasteiger partial charge >= 0.3 is 0 Å². The van der Waals surface area contributed by atoms with Crippen LogP contribution in [0.15, 0.2) is 108 Å². The first-order chi connectivity index (χ1) is 17.5. The first kappa shape index (κ1) is 21.3. The van der Waals surface area contributed by atoms with Crippen LogP contribution in [0.25, 0.3) is 44.2 Å². The molecule has 0 saturated heterocycles. The Labute approximate surface area is 212 Å². The van der Waals surface area contributed by atoms with Gasteiger partial charge in [-0.05, 0) is 39.8 Å². The van der Waals surface area contributed by atoms with Crippen molar-refractivity contribution < 1.29 is 4.42 Å². The topological polar surface area (TPSA) is 25.2 Å². The maximum atomic E-state index is 6.71. The van der Waals surface area contributed by atoms with Gasteiger partial charge in [0.25, 0.3) is 0 Å². The van der Waals surface area contributed by atoms with Crippen LogP contribution >= 0.6 is 0 Å². The molecule has 0 bridgehead atoms. The van der Waals surface area contributed by atoms with Crippen LogP contribution in [0.1, 0.15) is 37.8 Å². The zero-order valence-electron chi connectivity index (χ0n) is 20.9. The third-order valence-corrected chi connectivity index (χ3v) is 7.77. The van der Waals surface area contributed by atoms with Crippen LogP contribution in [-0.4, -0.2) is 6.04 Å². The molecular weight excluding hydrogens is 438 g/mol. The lowest BCUT2D eigenvalue weighted by Crippen LogP contribution is -2.17. The molecule has 5 aromatic rings. The molecule has 1 aliphatic carbocycles. The van der Waals surface area contributed by atoms with Gasteiger partial charge in [-0.25, -0.2) is 0 Å². The van der Waals surface area contributed by atoms with Crippen LogP contribution in [0.4, 0.5) is 5.69 Å². The second-order valence-electron chi connectivity index (χ2n) is 11.1. The van der Waals surface area contributed by atoms with E-state index in [1.807, 2.05) is 0 Å². The highest BCUT2D eigenvalue weighted by Gasteiger charge is 2.30. The maximum absolute atomic E-state index is 6.71. The molecule has 0 fully saturated rings. The van der Waals surface area contributed by atoms with Crippen molar-refractivity contribution in [2.45, 2.75) is 38.1 Å². The minimum Gasteiger partial charge on any atom is -0.455 e. The van der Waals surface area contributed by atoms with Crippen LogP contribution in [0.3, 0.4) is 0 Å². The van der Waals surface area contributed by atoms with Crippen LogP contribution in [0.2, 0.25) is 0 Å². The predicted octanol–water partition coefficient (Wildman–Crippen LogP) is 9.22. The molecule has 0 saturated carbocycles. The molecule has 1 aromatic heterocycles. The number of rotatable bonds is 2. The van der Waals surface area contributed by atoms with Gasteiger partial charge in [-0.1, -0.05) is 112 Å². The molecule has 36 heavy (non-hydrogen) atoms. The van der Waals surface area contributed by atoms with E-state index in [9.17, 15) is 0 Å². The lowest BCUT2D eigenvalue weighted by molar-refractivity contribution is 0.590. The first-order valence-corrected chi connectivity index (χ1v) is 12.8. The van der Waals surface area contributed by atoms with Gasteiger partial charge in [-0.15, -0.1) is 0 Å². The van der Waals surface area contributed by atoms with Crippen molar-refractivity contribution in [3.8, 4) is 22.3 Å². The van der Waals surface area contributed by atoms with Crippen molar-refractivity contribution in [1.29, 1.82) is 0 Å². The number of para-hydroxylation sites is 2. The van der Waals surface area contributed by atoms with Crippen molar-refractivity contribution >= 4 is 27.6 Å². The number of hydrogen-bond acceptors (Lipinski definition) is 2.